The molecule has 0 aliphatic rings. The first-order valence-corrected chi connectivity index (χ1v) is 7.08. The van der Waals surface area contributed by atoms with Crippen molar-refractivity contribution in [3.05, 3.63) is 64.9 Å². The summed E-state index contributed by atoms with van der Waals surface area (Å²) in [6, 6.07) is 11.5. The number of urea groups is 1. The van der Waals surface area contributed by atoms with Gasteiger partial charge in [-0.05, 0) is 18.2 Å². The van der Waals surface area contributed by atoms with Gasteiger partial charge in [-0.2, -0.15) is 0 Å². The maximum absolute atomic E-state index is 13.1. The third-order valence-electron chi connectivity index (χ3n) is 2.94. The monoisotopic (exact) mass is 336 g/mol. The van der Waals surface area contributed by atoms with Crippen molar-refractivity contribution in [3.8, 4) is 5.75 Å². The minimum atomic E-state index is -1.11. The zero-order valence-corrected chi connectivity index (χ0v) is 12.9. The first kappa shape index (κ1) is 16.8. The minimum absolute atomic E-state index is 0.0266. The maximum Gasteiger partial charge on any atom is 0.321 e. The molecule has 3 amide bonds. The van der Waals surface area contributed by atoms with E-state index in [1.807, 2.05) is 0 Å². The molecule has 0 unspecified atom stereocenters. The Balaban J connectivity index is 2.30. The molecule has 120 valence electrons. The van der Waals surface area contributed by atoms with Gasteiger partial charge in [-0.15, -0.1) is 0 Å². The van der Waals surface area contributed by atoms with Crippen LogP contribution in [0.4, 0.5) is 9.18 Å². The zero-order valence-electron chi connectivity index (χ0n) is 12.2. The van der Waals surface area contributed by atoms with Crippen molar-refractivity contribution in [2.24, 2.45) is 0 Å². The molecular formula is C16H14ClFN2O3. The number of benzene rings is 2. The third kappa shape index (κ3) is 4.43. The van der Waals surface area contributed by atoms with Gasteiger partial charge < -0.3 is 10.1 Å². The fourth-order valence-corrected chi connectivity index (χ4v) is 2.05. The zero-order chi connectivity index (χ0) is 16.8. The molecule has 0 fully saturated rings. The number of imide groups is 1. The number of carbonyl (C=O) groups is 2. The molecule has 1 atom stereocenters. The summed E-state index contributed by atoms with van der Waals surface area (Å²) < 4.78 is 18.7. The van der Waals surface area contributed by atoms with E-state index < -0.39 is 23.9 Å². The Bertz CT molecular complexity index is 710. The van der Waals surface area contributed by atoms with E-state index in [2.05, 4.69) is 10.6 Å². The Morgan fingerprint density at radius 2 is 1.87 bits per heavy atom. The molecule has 2 rings (SSSR count). The van der Waals surface area contributed by atoms with Crippen LogP contribution in [0.3, 0.4) is 0 Å². The number of hydrogen-bond acceptors (Lipinski definition) is 3. The molecule has 7 heteroatoms. The maximum atomic E-state index is 13.1. The second-order valence-electron chi connectivity index (χ2n) is 4.55. The molecule has 2 aromatic carbocycles. The lowest BCUT2D eigenvalue weighted by atomic mass is 10.1. The lowest BCUT2D eigenvalue weighted by Gasteiger charge is -2.19. The SMILES string of the molecule is CNC(=O)NC(=O)[C@@H](Oc1ccc(F)cc1Cl)c1ccccc1. The molecule has 0 saturated heterocycles. The van der Waals surface area contributed by atoms with Crippen LogP contribution in [0.25, 0.3) is 0 Å². The number of hydrogen-bond donors (Lipinski definition) is 2. The average Bonchev–Trinajstić information content (AvgIpc) is 2.54. The Morgan fingerprint density at radius 3 is 2.48 bits per heavy atom. The van der Waals surface area contributed by atoms with E-state index >= 15 is 0 Å². The van der Waals surface area contributed by atoms with E-state index in [0.29, 0.717) is 5.56 Å². The van der Waals surface area contributed by atoms with Gasteiger partial charge in [-0.25, -0.2) is 9.18 Å². The highest BCUT2D eigenvalue weighted by Crippen LogP contribution is 2.29. The highest BCUT2D eigenvalue weighted by Gasteiger charge is 2.25. The lowest BCUT2D eigenvalue weighted by Crippen LogP contribution is -2.41. The Morgan fingerprint density at radius 1 is 1.17 bits per heavy atom. The number of amides is 3. The van der Waals surface area contributed by atoms with Crippen molar-refractivity contribution in [1.82, 2.24) is 10.6 Å². The summed E-state index contributed by atoms with van der Waals surface area (Å²) in [7, 11) is 1.39. The van der Waals surface area contributed by atoms with Crippen LogP contribution in [0.15, 0.2) is 48.5 Å². The van der Waals surface area contributed by atoms with Crippen LogP contribution in [0.2, 0.25) is 5.02 Å². The molecule has 0 aliphatic heterocycles. The topological polar surface area (TPSA) is 67.4 Å². The van der Waals surface area contributed by atoms with Crippen molar-refractivity contribution in [2.75, 3.05) is 7.05 Å². The van der Waals surface area contributed by atoms with Crippen molar-refractivity contribution >= 4 is 23.5 Å². The summed E-state index contributed by atoms with van der Waals surface area (Å²) in [5.41, 5.74) is 0.522. The largest absolute Gasteiger partial charge is 0.474 e. The molecule has 0 aromatic heterocycles. The van der Waals surface area contributed by atoms with E-state index in [1.165, 1.54) is 19.2 Å². The second-order valence-corrected chi connectivity index (χ2v) is 4.96. The van der Waals surface area contributed by atoms with Crippen LogP contribution < -0.4 is 15.4 Å². The van der Waals surface area contributed by atoms with Gasteiger partial charge in [-0.3, -0.25) is 10.1 Å². The van der Waals surface area contributed by atoms with E-state index in [1.54, 1.807) is 30.3 Å². The summed E-state index contributed by atoms with van der Waals surface area (Å²) in [5, 5.41) is 4.46. The van der Waals surface area contributed by atoms with Crippen LogP contribution in [-0.2, 0) is 4.79 Å². The second kappa shape index (κ2) is 7.60. The standard InChI is InChI=1S/C16H14ClFN2O3/c1-19-16(22)20-15(21)14(10-5-3-2-4-6-10)23-13-8-7-11(18)9-12(13)17/h2-9,14H,1H3,(H2,19,20,21,22)/t14-/m0/s1. The van der Waals surface area contributed by atoms with Gasteiger partial charge in [0.1, 0.15) is 11.6 Å². The summed E-state index contributed by atoms with van der Waals surface area (Å²) in [6.45, 7) is 0. The molecule has 5 nitrogen and oxygen atoms in total. The van der Waals surface area contributed by atoms with Crippen molar-refractivity contribution in [3.63, 3.8) is 0 Å². The van der Waals surface area contributed by atoms with Crippen LogP contribution >= 0.6 is 11.6 Å². The lowest BCUT2D eigenvalue weighted by molar-refractivity contribution is -0.127. The van der Waals surface area contributed by atoms with E-state index in [0.717, 1.165) is 6.07 Å². The molecule has 0 spiro atoms. The minimum Gasteiger partial charge on any atom is -0.474 e. The normalized spacial score (nSPS) is 11.4. The predicted molar refractivity (Wildman–Crippen MR) is 83.8 cm³/mol. The molecule has 0 aliphatic carbocycles. The first-order chi connectivity index (χ1) is 11.0. The number of nitrogens with one attached hydrogen (secondary N) is 2. The molecule has 2 N–H and O–H groups in total. The highest BCUT2D eigenvalue weighted by molar-refractivity contribution is 6.32. The molecule has 0 heterocycles. The van der Waals surface area contributed by atoms with E-state index in [4.69, 9.17) is 16.3 Å². The third-order valence-corrected chi connectivity index (χ3v) is 3.24. The summed E-state index contributed by atoms with van der Waals surface area (Å²) in [6.07, 6.45) is -1.11. The molecule has 0 radical (unpaired) electrons. The first-order valence-electron chi connectivity index (χ1n) is 6.70. The van der Waals surface area contributed by atoms with E-state index in [9.17, 15) is 14.0 Å². The Kier molecular flexibility index (Phi) is 5.54. The van der Waals surface area contributed by atoms with Gasteiger partial charge >= 0.3 is 6.03 Å². The predicted octanol–water partition coefficient (Wildman–Crippen LogP) is 3.05. The van der Waals surface area contributed by atoms with Crippen LogP contribution in [0.5, 0.6) is 5.75 Å². The molecule has 2 aromatic rings. The Labute approximate surface area is 137 Å². The van der Waals surface area contributed by atoms with Gasteiger partial charge in [0.25, 0.3) is 5.91 Å². The van der Waals surface area contributed by atoms with Crippen molar-refractivity contribution in [2.45, 2.75) is 6.10 Å². The number of rotatable bonds is 4. The van der Waals surface area contributed by atoms with Gasteiger partial charge in [0.2, 0.25) is 6.10 Å². The summed E-state index contributed by atoms with van der Waals surface area (Å²) in [4.78, 5) is 23.6. The number of ether oxygens (including phenoxy) is 1. The number of carbonyl (C=O) groups excluding carboxylic acids is 2. The summed E-state index contributed by atoms with van der Waals surface area (Å²) in [5.74, 6) is -1.06. The summed E-state index contributed by atoms with van der Waals surface area (Å²) >= 11 is 5.92. The number of halogens is 2. The average molecular weight is 337 g/mol. The molecule has 0 saturated carbocycles. The van der Waals surface area contributed by atoms with Gasteiger partial charge in [0.05, 0.1) is 5.02 Å². The molecule has 0 bridgehead atoms. The van der Waals surface area contributed by atoms with Crippen molar-refractivity contribution < 1.29 is 18.7 Å². The molecule has 23 heavy (non-hydrogen) atoms. The van der Waals surface area contributed by atoms with Gasteiger partial charge in [-0.1, -0.05) is 41.9 Å². The van der Waals surface area contributed by atoms with Crippen molar-refractivity contribution in [1.29, 1.82) is 0 Å². The van der Waals surface area contributed by atoms with Crippen LogP contribution in [-0.4, -0.2) is 19.0 Å². The van der Waals surface area contributed by atoms with E-state index in [-0.39, 0.29) is 10.8 Å². The molecular weight excluding hydrogens is 323 g/mol. The smallest absolute Gasteiger partial charge is 0.321 e. The van der Waals surface area contributed by atoms with Crippen LogP contribution in [0.1, 0.15) is 11.7 Å². The Hall–Kier alpha value is -2.60. The highest BCUT2D eigenvalue weighted by atomic mass is 35.5. The van der Waals surface area contributed by atoms with Crippen LogP contribution in [0, 0.1) is 5.82 Å². The van der Waals surface area contributed by atoms with Gasteiger partial charge in [0, 0.05) is 12.6 Å². The van der Waals surface area contributed by atoms with Gasteiger partial charge in [0.15, 0.2) is 0 Å². The fraction of sp³-hybridized carbons (Fsp3) is 0.125. The fourth-order valence-electron chi connectivity index (χ4n) is 1.84. The quantitative estimate of drug-likeness (QED) is 0.901.